The zero-order valence-electron chi connectivity index (χ0n) is 12.1. The standard InChI is InChI=1S/C16H19ClN2OS/c1-2-19-9-5-6-11(19)10-18-16(20)15-14(17)12-7-3-4-8-13(12)21-15/h3-4,7-8,11H,2,5-6,9-10H2,1H3,(H,18,20)/t11-/m0/s1. The van der Waals surface area contributed by atoms with Crippen LogP contribution in [0, 0.1) is 0 Å². The van der Waals surface area contributed by atoms with E-state index < -0.39 is 0 Å². The number of nitrogens with one attached hydrogen (secondary N) is 1. The van der Waals surface area contributed by atoms with Crippen LogP contribution in [0.3, 0.4) is 0 Å². The Balaban J connectivity index is 1.71. The van der Waals surface area contributed by atoms with Gasteiger partial charge in [-0.15, -0.1) is 11.3 Å². The highest BCUT2D eigenvalue weighted by Gasteiger charge is 2.24. The Morgan fingerprint density at radius 2 is 2.29 bits per heavy atom. The van der Waals surface area contributed by atoms with Gasteiger partial charge in [0.05, 0.1) is 5.02 Å². The van der Waals surface area contributed by atoms with Crippen LogP contribution in [0.1, 0.15) is 29.4 Å². The van der Waals surface area contributed by atoms with Gasteiger partial charge in [-0.3, -0.25) is 9.69 Å². The van der Waals surface area contributed by atoms with Crippen molar-refractivity contribution in [2.24, 2.45) is 0 Å². The molecule has 1 aromatic carbocycles. The first-order valence-corrected chi connectivity index (χ1v) is 8.59. The van der Waals surface area contributed by atoms with Gasteiger partial charge in [-0.25, -0.2) is 0 Å². The van der Waals surface area contributed by atoms with E-state index in [2.05, 4.69) is 17.1 Å². The van der Waals surface area contributed by atoms with Gasteiger partial charge in [-0.1, -0.05) is 36.7 Å². The first-order chi connectivity index (χ1) is 10.2. The van der Waals surface area contributed by atoms with Crippen LogP contribution in [0.15, 0.2) is 24.3 Å². The molecule has 0 radical (unpaired) electrons. The van der Waals surface area contributed by atoms with Crippen LogP contribution in [0.5, 0.6) is 0 Å². The zero-order chi connectivity index (χ0) is 14.8. The predicted octanol–water partition coefficient (Wildman–Crippen LogP) is 3.77. The Bertz CT molecular complexity index is 655. The molecule has 1 atom stereocenters. The molecule has 1 aromatic heterocycles. The molecule has 1 aliphatic heterocycles. The van der Waals surface area contributed by atoms with Crippen LogP contribution in [-0.2, 0) is 0 Å². The van der Waals surface area contributed by atoms with Crippen LogP contribution >= 0.6 is 22.9 Å². The molecule has 1 N–H and O–H groups in total. The van der Waals surface area contributed by atoms with Crippen molar-refractivity contribution in [1.29, 1.82) is 0 Å². The number of amides is 1. The van der Waals surface area contributed by atoms with Gasteiger partial charge in [-0.05, 0) is 32.0 Å². The molecule has 0 bridgehead atoms. The van der Waals surface area contributed by atoms with Gasteiger partial charge in [-0.2, -0.15) is 0 Å². The lowest BCUT2D eigenvalue weighted by Gasteiger charge is -2.22. The molecule has 0 unspecified atom stereocenters. The van der Waals surface area contributed by atoms with Gasteiger partial charge >= 0.3 is 0 Å². The Morgan fingerprint density at radius 1 is 1.48 bits per heavy atom. The summed E-state index contributed by atoms with van der Waals surface area (Å²) in [4.78, 5) is 15.4. The van der Waals surface area contributed by atoms with Crippen molar-refractivity contribution >= 4 is 38.9 Å². The van der Waals surface area contributed by atoms with Crippen LogP contribution in [0.25, 0.3) is 10.1 Å². The van der Waals surface area contributed by atoms with Crippen molar-refractivity contribution in [2.45, 2.75) is 25.8 Å². The van der Waals surface area contributed by atoms with E-state index in [4.69, 9.17) is 11.6 Å². The summed E-state index contributed by atoms with van der Waals surface area (Å²) >= 11 is 7.81. The first kappa shape index (κ1) is 14.8. The van der Waals surface area contributed by atoms with Crippen molar-refractivity contribution in [3.05, 3.63) is 34.2 Å². The molecular weight excluding hydrogens is 304 g/mol. The molecule has 112 valence electrons. The highest BCUT2D eigenvalue weighted by molar-refractivity contribution is 7.21. The molecule has 1 fully saturated rings. The normalized spacial score (nSPS) is 19.2. The van der Waals surface area contributed by atoms with Crippen molar-refractivity contribution in [2.75, 3.05) is 19.6 Å². The average molecular weight is 323 g/mol. The lowest BCUT2D eigenvalue weighted by atomic mass is 10.2. The second-order valence-corrected chi connectivity index (χ2v) is 6.81. The SMILES string of the molecule is CCN1CCC[C@H]1CNC(=O)c1sc2ccccc2c1Cl. The second kappa shape index (κ2) is 6.34. The van der Waals surface area contributed by atoms with Crippen LogP contribution in [0.2, 0.25) is 5.02 Å². The Morgan fingerprint density at radius 3 is 3.05 bits per heavy atom. The molecule has 21 heavy (non-hydrogen) atoms. The highest BCUT2D eigenvalue weighted by atomic mass is 35.5. The van der Waals surface area contributed by atoms with E-state index in [0.29, 0.717) is 22.5 Å². The predicted molar refractivity (Wildman–Crippen MR) is 89.4 cm³/mol. The van der Waals surface area contributed by atoms with Gasteiger partial charge in [0.2, 0.25) is 0 Å². The monoisotopic (exact) mass is 322 g/mol. The maximum absolute atomic E-state index is 12.4. The van der Waals surface area contributed by atoms with Crippen LogP contribution < -0.4 is 5.32 Å². The van der Waals surface area contributed by atoms with E-state index in [-0.39, 0.29) is 5.91 Å². The number of hydrogen-bond acceptors (Lipinski definition) is 3. The van der Waals surface area contributed by atoms with Crippen molar-refractivity contribution < 1.29 is 4.79 Å². The number of carbonyl (C=O) groups is 1. The zero-order valence-corrected chi connectivity index (χ0v) is 13.6. The Hall–Kier alpha value is -1.10. The summed E-state index contributed by atoms with van der Waals surface area (Å²) in [5.41, 5.74) is 0. The number of likely N-dealkylation sites (tertiary alicyclic amines) is 1. The molecular formula is C16H19ClN2OS. The third-order valence-corrected chi connectivity index (χ3v) is 5.82. The van der Waals surface area contributed by atoms with E-state index in [1.807, 2.05) is 24.3 Å². The molecule has 5 heteroatoms. The number of hydrogen-bond donors (Lipinski definition) is 1. The minimum Gasteiger partial charge on any atom is -0.350 e. The van der Waals surface area contributed by atoms with E-state index in [1.165, 1.54) is 17.8 Å². The maximum atomic E-state index is 12.4. The van der Waals surface area contributed by atoms with E-state index in [1.54, 1.807) is 0 Å². The van der Waals surface area contributed by atoms with Crippen molar-refractivity contribution in [3.8, 4) is 0 Å². The van der Waals surface area contributed by atoms with Gasteiger partial charge in [0.25, 0.3) is 5.91 Å². The van der Waals surface area contributed by atoms with Crippen LogP contribution in [0.4, 0.5) is 0 Å². The quantitative estimate of drug-likeness (QED) is 0.929. The number of nitrogens with zero attached hydrogens (tertiary/aromatic N) is 1. The van der Waals surface area contributed by atoms with E-state index in [9.17, 15) is 4.79 Å². The molecule has 2 heterocycles. The molecule has 3 rings (SSSR count). The van der Waals surface area contributed by atoms with E-state index in [0.717, 1.165) is 29.6 Å². The number of rotatable bonds is 4. The summed E-state index contributed by atoms with van der Waals surface area (Å²) in [7, 11) is 0. The minimum absolute atomic E-state index is 0.0517. The Kier molecular flexibility index (Phi) is 4.48. The number of benzene rings is 1. The smallest absolute Gasteiger partial charge is 0.262 e. The highest BCUT2D eigenvalue weighted by Crippen LogP contribution is 2.35. The van der Waals surface area contributed by atoms with Gasteiger partial charge in [0.15, 0.2) is 0 Å². The number of halogens is 1. The largest absolute Gasteiger partial charge is 0.350 e. The van der Waals surface area contributed by atoms with Crippen molar-refractivity contribution in [1.82, 2.24) is 10.2 Å². The molecule has 0 saturated carbocycles. The fourth-order valence-corrected chi connectivity index (χ4v) is 4.43. The molecule has 1 amide bonds. The summed E-state index contributed by atoms with van der Waals surface area (Å²) in [6, 6.07) is 8.33. The third-order valence-electron chi connectivity index (χ3n) is 4.14. The lowest BCUT2D eigenvalue weighted by Crippen LogP contribution is -2.39. The second-order valence-electron chi connectivity index (χ2n) is 5.38. The van der Waals surface area contributed by atoms with Crippen LogP contribution in [-0.4, -0.2) is 36.5 Å². The number of carbonyl (C=O) groups excluding carboxylic acids is 1. The molecule has 1 aliphatic rings. The molecule has 1 saturated heterocycles. The lowest BCUT2D eigenvalue weighted by molar-refractivity contribution is 0.0945. The minimum atomic E-state index is -0.0517. The fourth-order valence-electron chi connectivity index (χ4n) is 2.99. The van der Waals surface area contributed by atoms with E-state index >= 15 is 0 Å². The molecule has 0 aliphatic carbocycles. The van der Waals surface area contributed by atoms with Gasteiger partial charge in [0.1, 0.15) is 4.88 Å². The third kappa shape index (κ3) is 2.93. The maximum Gasteiger partial charge on any atom is 0.262 e. The number of fused-ring (bicyclic) bond motifs is 1. The average Bonchev–Trinajstić information content (AvgIpc) is 3.09. The molecule has 3 nitrogen and oxygen atoms in total. The van der Waals surface area contributed by atoms with Gasteiger partial charge < -0.3 is 5.32 Å². The fraction of sp³-hybridized carbons (Fsp3) is 0.438. The summed E-state index contributed by atoms with van der Waals surface area (Å²) in [5, 5.41) is 4.59. The number of thiophene rings is 1. The summed E-state index contributed by atoms with van der Waals surface area (Å²) < 4.78 is 1.06. The summed E-state index contributed by atoms with van der Waals surface area (Å²) in [5.74, 6) is -0.0517. The topological polar surface area (TPSA) is 32.3 Å². The van der Waals surface area contributed by atoms with Gasteiger partial charge in [0, 0.05) is 22.7 Å². The molecule has 0 spiro atoms. The number of likely N-dealkylation sites (N-methyl/N-ethyl adjacent to an activating group) is 1. The Labute approximate surface area is 133 Å². The molecule has 2 aromatic rings. The van der Waals surface area contributed by atoms with Crippen molar-refractivity contribution in [3.63, 3.8) is 0 Å². The summed E-state index contributed by atoms with van der Waals surface area (Å²) in [6.07, 6.45) is 2.38. The summed E-state index contributed by atoms with van der Waals surface area (Å²) in [6.45, 7) is 5.06. The first-order valence-electron chi connectivity index (χ1n) is 7.40.